The van der Waals surface area contributed by atoms with Crippen LogP contribution < -0.4 is 0 Å². The lowest BCUT2D eigenvalue weighted by Gasteiger charge is -2.05. The largest absolute Gasteiger partial charge is 0.224 e. The van der Waals surface area contributed by atoms with Crippen molar-refractivity contribution in [2.45, 2.75) is 11.3 Å². The van der Waals surface area contributed by atoms with Crippen molar-refractivity contribution in [3.63, 3.8) is 0 Å². The molecule has 5 heteroatoms. The Hall–Kier alpha value is -1.75. The second kappa shape index (κ2) is 5.48. The first-order valence-electron chi connectivity index (χ1n) is 5.71. The quantitative estimate of drug-likeness (QED) is 0.808. The number of aryl methyl sites for hydroxylation is 1. The van der Waals surface area contributed by atoms with Crippen molar-refractivity contribution in [2.24, 2.45) is 0 Å². The van der Waals surface area contributed by atoms with Gasteiger partial charge in [0.1, 0.15) is 0 Å². The number of rotatable bonds is 4. The Bertz CT molecular complexity index is 667. The van der Waals surface area contributed by atoms with E-state index in [2.05, 4.69) is 0 Å². The minimum atomic E-state index is -3.60. The highest BCUT2D eigenvalue weighted by molar-refractivity contribution is 7.91. The normalized spacial score (nSPS) is 11.5. The molecule has 0 saturated heterocycles. The van der Waals surface area contributed by atoms with Gasteiger partial charge >= 0.3 is 0 Å². The molecule has 0 amide bonds. The van der Waals surface area contributed by atoms with Crippen molar-refractivity contribution in [3.05, 3.63) is 65.7 Å². The van der Waals surface area contributed by atoms with E-state index in [-0.39, 0.29) is 10.6 Å². The highest BCUT2D eigenvalue weighted by Crippen LogP contribution is 2.16. The Labute approximate surface area is 110 Å². The van der Waals surface area contributed by atoms with Crippen LogP contribution in [0.1, 0.15) is 5.56 Å². The minimum Gasteiger partial charge on any atom is -0.224 e. The first kappa shape index (κ1) is 13.7. The van der Waals surface area contributed by atoms with Gasteiger partial charge in [0.2, 0.25) is 0 Å². The predicted molar refractivity (Wildman–Crippen MR) is 68.6 cm³/mol. The number of halogens is 2. The van der Waals surface area contributed by atoms with E-state index in [0.717, 1.165) is 23.8 Å². The fraction of sp³-hybridized carbons (Fsp3) is 0.143. The molecular formula is C14H12F2O2S. The molecule has 2 nitrogen and oxygen atoms in total. The van der Waals surface area contributed by atoms with Gasteiger partial charge in [0.15, 0.2) is 21.5 Å². The lowest BCUT2D eigenvalue weighted by atomic mass is 10.2. The van der Waals surface area contributed by atoms with Crippen molar-refractivity contribution >= 4 is 9.84 Å². The van der Waals surface area contributed by atoms with Gasteiger partial charge in [-0.05, 0) is 30.2 Å². The number of benzene rings is 2. The molecule has 0 aromatic heterocycles. The van der Waals surface area contributed by atoms with Crippen molar-refractivity contribution < 1.29 is 17.2 Å². The zero-order chi connectivity index (χ0) is 13.9. The van der Waals surface area contributed by atoms with Gasteiger partial charge in [0.25, 0.3) is 0 Å². The van der Waals surface area contributed by atoms with Gasteiger partial charge in [0.05, 0.1) is 10.6 Å². The molecule has 0 aliphatic heterocycles. The van der Waals surface area contributed by atoms with E-state index in [4.69, 9.17) is 0 Å². The molecule has 0 unspecified atom stereocenters. The number of sulfone groups is 1. The van der Waals surface area contributed by atoms with E-state index in [9.17, 15) is 17.2 Å². The second-order valence-corrected chi connectivity index (χ2v) is 6.24. The first-order valence-corrected chi connectivity index (χ1v) is 7.36. The molecule has 0 spiro atoms. The molecular weight excluding hydrogens is 270 g/mol. The van der Waals surface area contributed by atoms with Crippen LogP contribution in [-0.4, -0.2) is 14.2 Å². The van der Waals surface area contributed by atoms with Gasteiger partial charge in [-0.3, -0.25) is 0 Å². The fourth-order valence-electron chi connectivity index (χ4n) is 1.69. The lowest BCUT2D eigenvalue weighted by molar-refractivity contribution is 0.504. The van der Waals surface area contributed by atoms with Crippen LogP contribution in [0.3, 0.4) is 0 Å². The monoisotopic (exact) mass is 282 g/mol. The molecule has 2 aromatic carbocycles. The number of hydrogen-bond donors (Lipinski definition) is 0. The average molecular weight is 282 g/mol. The van der Waals surface area contributed by atoms with Crippen LogP contribution in [0.15, 0.2) is 53.4 Å². The third-order valence-corrected chi connectivity index (χ3v) is 4.47. The summed E-state index contributed by atoms with van der Waals surface area (Å²) in [6.45, 7) is 0. The van der Waals surface area contributed by atoms with E-state index < -0.39 is 21.5 Å². The topological polar surface area (TPSA) is 34.1 Å². The molecule has 2 aromatic rings. The molecule has 0 atom stereocenters. The second-order valence-electron chi connectivity index (χ2n) is 4.13. The van der Waals surface area contributed by atoms with Crippen molar-refractivity contribution in [3.8, 4) is 0 Å². The van der Waals surface area contributed by atoms with Crippen molar-refractivity contribution in [1.82, 2.24) is 0 Å². The van der Waals surface area contributed by atoms with Gasteiger partial charge in [-0.25, -0.2) is 17.2 Å². The van der Waals surface area contributed by atoms with Crippen LogP contribution in [0.5, 0.6) is 0 Å². The zero-order valence-electron chi connectivity index (χ0n) is 10.0. The van der Waals surface area contributed by atoms with Crippen LogP contribution >= 0.6 is 0 Å². The minimum absolute atomic E-state index is 0.137. The van der Waals surface area contributed by atoms with Gasteiger partial charge in [-0.2, -0.15) is 0 Å². The van der Waals surface area contributed by atoms with E-state index in [0.29, 0.717) is 6.42 Å². The number of hydrogen-bond acceptors (Lipinski definition) is 2. The molecule has 0 N–H and O–H groups in total. The van der Waals surface area contributed by atoms with Crippen LogP contribution in [0.25, 0.3) is 0 Å². The third kappa shape index (κ3) is 3.38. The van der Waals surface area contributed by atoms with Gasteiger partial charge in [-0.1, -0.05) is 30.3 Å². The Morgan fingerprint density at radius 2 is 1.58 bits per heavy atom. The zero-order valence-corrected chi connectivity index (χ0v) is 10.8. The van der Waals surface area contributed by atoms with E-state index in [1.807, 2.05) is 30.3 Å². The highest BCUT2D eigenvalue weighted by Gasteiger charge is 2.16. The maximum Gasteiger partial charge on any atom is 0.178 e. The molecule has 0 heterocycles. The average Bonchev–Trinajstić information content (AvgIpc) is 2.41. The van der Waals surface area contributed by atoms with E-state index in [1.54, 1.807) is 0 Å². The van der Waals surface area contributed by atoms with Crippen LogP contribution in [-0.2, 0) is 16.3 Å². The van der Waals surface area contributed by atoms with Crippen LogP contribution in [0.2, 0.25) is 0 Å². The summed E-state index contributed by atoms with van der Waals surface area (Å²) < 4.78 is 49.8. The summed E-state index contributed by atoms with van der Waals surface area (Å²) in [7, 11) is -3.60. The van der Waals surface area contributed by atoms with Gasteiger partial charge < -0.3 is 0 Å². The van der Waals surface area contributed by atoms with Crippen molar-refractivity contribution in [2.75, 3.05) is 5.75 Å². The highest BCUT2D eigenvalue weighted by atomic mass is 32.2. The molecule has 0 bridgehead atoms. The Kier molecular flexibility index (Phi) is 3.95. The lowest BCUT2D eigenvalue weighted by Crippen LogP contribution is -2.09. The molecule has 19 heavy (non-hydrogen) atoms. The predicted octanol–water partition coefficient (Wildman–Crippen LogP) is 2.98. The molecule has 100 valence electrons. The smallest absolute Gasteiger partial charge is 0.178 e. The summed E-state index contributed by atoms with van der Waals surface area (Å²) >= 11 is 0. The third-order valence-electron chi connectivity index (χ3n) is 2.75. The Morgan fingerprint density at radius 3 is 2.21 bits per heavy atom. The Balaban J connectivity index is 2.16. The van der Waals surface area contributed by atoms with Gasteiger partial charge in [-0.15, -0.1) is 0 Å². The molecule has 0 fully saturated rings. The first-order chi connectivity index (χ1) is 8.99. The summed E-state index contributed by atoms with van der Waals surface area (Å²) in [6.07, 6.45) is 0.335. The maximum atomic E-state index is 13.0. The summed E-state index contributed by atoms with van der Waals surface area (Å²) in [4.78, 5) is -0.192. The molecule has 2 rings (SSSR count). The van der Waals surface area contributed by atoms with Crippen LogP contribution in [0.4, 0.5) is 8.78 Å². The summed E-state index contributed by atoms with van der Waals surface area (Å²) in [5, 5.41) is 0. The van der Waals surface area contributed by atoms with Crippen LogP contribution in [0, 0.1) is 11.6 Å². The summed E-state index contributed by atoms with van der Waals surface area (Å²) in [5.74, 6) is -2.34. The summed E-state index contributed by atoms with van der Waals surface area (Å²) in [5.41, 5.74) is 0.883. The molecule has 0 aliphatic carbocycles. The van der Waals surface area contributed by atoms with E-state index >= 15 is 0 Å². The van der Waals surface area contributed by atoms with Crippen molar-refractivity contribution in [1.29, 1.82) is 0 Å². The maximum absolute atomic E-state index is 13.0. The molecule has 0 aliphatic rings. The standard InChI is InChI=1S/C14H12F2O2S/c15-13-7-6-12(10-14(13)16)19(17,18)9-8-11-4-2-1-3-5-11/h1-7,10H,8-9H2. The van der Waals surface area contributed by atoms with Gasteiger partial charge in [0, 0.05) is 0 Å². The molecule has 0 saturated carbocycles. The summed E-state index contributed by atoms with van der Waals surface area (Å²) in [6, 6.07) is 11.7. The fourth-order valence-corrected chi connectivity index (χ4v) is 2.98. The SMILES string of the molecule is O=S(=O)(CCc1ccccc1)c1ccc(F)c(F)c1. The Morgan fingerprint density at radius 1 is 0.895 bits per heavy atom. The molecule has 0 radical (unpaired) electrons. The van der Waals surface area contributed by atoms with E-state index in [1.165, 1.54) is 0 Å².